The molecule has 0 aromatic heterocycles. The molecule has 1 amide bonds. The van der Waals surface area contributed by atoms with Gasteiger partial charge >= 0.3 is 6.09 Å². The Bertz CT molecular complexity index is 2180. The maximum absolute atomic E-state index is 13.8. The molecule has 4 atom stereocenters. The van der Waals surface area contributed by atoms with Crippen LogP contribution in [0, 0.1) is 10.1 Å². The maximum atomic E-state index is 13.8. The average molecular weight is 886 g/mol. The minimum absolute atomic E-state index is 0.101. The van der Waals surface area contributed by atoms with Gasteiger partial charge in [-0.1, -0.05) is 131 Å². The number of para-hydroxylation sites is 1. The molecule has 14 heteroatoms. The number of nitrogens with zero attached hydrogens (tertiary/aromatic N) is 2. The minimum Gasteiger partial charge on any atom is -0.444 e. The zero-order valence-electron chi connectivity index (χ0n) is 33.1. The Hall–Kier alpha value is -4.96. The first kappa shape index (κ1) is 43.6. The van der Waals surface area contributed by atoms with Crippen LogP contribution >= 0.6 is 15.9 Å². The lowest BCUT2D eigenvalue weighted by Crippen LogP contribution is -2.67. The summed E-state index contributed by atoms with van der Waals surface area (Å²) in [5.41, 5.74) is 1.35. The van der Waals surface area contributed by atoms with Crippen LogP contribution < -0.4 is 10.0 Å². The van der Waals surface area contributed by atoms with Crippen molar-refractivity contribution in [1.82, 2.24) is 14.9 Å². The van der Waals surface area contributed by atoms with Crippen LogP contribution in [0.2, 0.25) is 0 Å². The summed E-state index contributed by atoms with van der Waals surface area (Å²) < 4.78 is 44.0. The summed E-state index contributed by atoms with van der Waals surface area (Å²) in [6, 6.07) is 41.6. The van der Waals surface area contributed by atoms with E-state index in [0.29, 0.717) is 6.54 Å². The van der Waals surface area contributed by atoms with Crippen LogP contribution in [0.3, 0.4) is 0 Å². The van der Waals surface area contributed by atoms with Gasteiger partial charge in [-0.3, -0.25) is 15.0 Å². The van der Waals surface area contributed by atoms with Crippen molar-refractivity contribution < 1.29 is 32.7 Å². The van der Waals surface area contributed by atoms with Gasteiger partial charge in [0.2, 0.25) is 10.0 Å². The van der Waals surface area contributed by atoms with Crippen molar-refractivity contribution >= 4 is 37.7 Å². The van der Waals surface area contributed by atoms with Gasteiger partial charge in [0.1, 0.15) is 11.2 Å². The molecule has 0 saturated carbocycles. The van der Waals surface area contributed by atoms with Crippen molar-refractivity contribution in [1.29, 1.82) is 0 Å². The molecular formula is C45H49BrN4O8S. The lowest BCUT2D eigenvalue weighted by Gasteiger charge is -2.56. The minimum atomic E-state index is -4.34. The predicted molar refractivity (Wildman–Crippen MR) is 229 cm³/mol. The van der Waals surface area contributed by atoms with E-state index < -0.39 is 54.9 Å². The predicted octanol–water partition coefficient (Wildman–Crippen LogP) is 7.76. The Morgan fingerprint density at radius 2 is 1.36 bits per heavy atom. The molecule has 0 spiro atoms. The van der Waals surface area contributed by atoms with Crippen molar-refractivity contribution in [2.75, 3.05) is 26.3 Å². The SMILES string of the molecule is CC(C)(C)OC(=O)N[C@H](CO)CCN1[C@H](COC(c2ccccc2)(c2ccccc2)c2ccccc2)[C@H](c2ccc(Br)cc2)[C@@H]1CNS(=O)(=O)c1ccccc1[N+](=O)[O-]. The fraction of sp³-hybridized carbons (Fsp3) is 0.311. The van der Waals surface area contributed by atoms with Crippen LogP contribution in [0.25, 0.3) is 0 Å². The van der Waals surface area contributed by atoms with Gasteiger partial charge in [-0.15, -0.1) is 0 Å². The molecule has 1 heterocycles. The van der Waals surface area contributed by atoms with E-state index in [9.17, 15) is 28.4 Å². The number of rotatable bonds is 17. The van der Waals surface area contributed by atoms with Crippen LogP contribution in [-0.4, -0.2) is 79.5 Å². The molecule has 0 radical (unpaired) electrons. The van der Waals surface area contributed by atoms with Gasteiger partial charge in [0.05, 0.1) is 24.2 Å². The molecule has 1 aliphatic heterocycles. The van der Waals surface area contributed by atoms with Crippen molar-refractivity contribution in [3.05, 3.63) is 176 Å². The summed E-state index contributed by atoms with van der Waals surface area (Å²) in [7, 11) is -4.34. The Kier molecular flexibility index (Phi) is 14.0. The Morgan fingerprint density at radius 3 is 1.86 bits per heavy atom. The Balaban J connectivity index is 1.40. The third-order valence-electron chi connectivity index (χ3n) is 10.5. The Labute approximate surface area is 353 Å². The zero-order chi connectivity index (χ0) is 42.2. The average Bonchev–Trinajstić information content (AvgIpc) is 3.22. The molecule has 5 aromatic rings. The molecule has 59 heavy (non-hydrogen) atoms. The lowest BCUT2D eigenvalue weighted by atomic mass is 9.74. The van der Waals surface area contributed by atoms with Crippen molar-refractivity contribution in [3.8, 4) is 0 Å². The van der Waals surface area contributed by atoms with Crippen LogP contribution in [0.1, 0.15) is 55.4 Å². The number of nitrogens with one attached hydrogen (secondary N) is 2. The highest BCUT2D eigenvalue weighted by molar-refractivity contribution is 9.10. The maximum Gasteiger partial charge on any atom is 0.407 e. The molecule has 6 rings (SSSR count). The molecular weight excluding hydrogens is 836 g/mol. The van der Waals surface area contributed by atoms with Crippen LogP contribution in [-0.2, 0) is 25.1 Å². The van der Waals surface area contributed by atoms with E-state index in [-0.39, 0.29) is 38.1 Å². The van der Waals surface area contributed by atoms with Gasteiger partial charge in [0.15, 0.2) is 4.90 Å². The third-order valence-corrected chi connectivity index (χ3v) is 12.5. The number of nitro groups is 1. The number of hydrogen-bond acceptors (Lipinski definition) is 9. The normalized spacial score (nSPS) is 17.7. The number of aliphatic hydroxyl groups excluding tert-OH is 1. The number of halogens is 1. The summed E-state index contributed by atoms with van der Waals surface area (Å²) in [6.07, 6.45) is -0.381. The van der Waals surface area contributed by atoms with Gasteiger partial charge < -0.3 is 19.9 Å². The second-order valence-electron chi connectivity index (χ2n) is 15.4. The number of carbonyl (C=O) groups is 1. The van der Waals surface area contributed by atoms with Gasteiger partial charge in [-0.25, -0.2) is 17.9 Å². The van der Waals surface area contributed by atoms with E-state index in [4.69, 9.17) is 9.47 Å². The van der Waals surface area contributed by atoms with E-state index in [1.165, 1.54) is 18.2 Å². The Morgan fingerprint density at radius 1 is 0.831 bits per heavy atom. The zero-order valence-corrected chi connectivity index (χ0v) is 35.5. The number of hydrogen-bond donors (Lipinski definition) is 3. The number of benzene rings is 5. The number of alkyl carbamates (subject to hydrolysis) is 1. The lowest BCUT2D eigenvalue weighted by molar-refractivity contribution is -0.387. The largest absolute Gasteiger partial charge is 0.444 e. The third kappa shape index (κ3) is 10.3. The van der Waals surface area contributed by atoms with Crippen LogP contribution in [0.5, 0.6) is 0 Å². The first-order chi connectivity index (χ1) is 28.2. The molecule has 0 aliphatic carbocycles. The molecule has 12 nitrogen and oxygen atoms in total. The van der Waals surface area contributed by atoms with E-state index in [1.807, 2.05) is 115 Å². The molecule has 1 saturated heterocycles. The van der Waals surface area contributed by atoms with Crippen molar-refractivity contribution in [3.63, 3.8) is 0 Å². The first-order valence-corrected chi connectivity index (χ1v) is 21.7. The molecule has 0 bridgehead atoms. The summed E-state index contributed by atoms with van der Waals surface area (Å²) >= 11 is 3.55. The highest BCUT2D eigenvalue weighted by Crippen LogP contribution is 2.45. The number of sulfonamides is 1. The van der Waals surface area contributed by atoms with Gasteiger partial charge in [0, 0.05) is 41.6 Å². The molecule has 1 aliphatic rings. The van der Waals surface area contributed by atoms with E-state index in [0.717, 1.165) is 32.8 Å². The first-order valence-electron chi connectivity index (χ1n) is 19.4. The molecule has 310 valence electrons. The second-order valence-corrected chi connectivity index (χ2v) is 18.1. The second kappa shape index (κ2) is 19.0. The van der Waals surface area contributed by atoms with Crippen LogP contribution in [0.4, 0.5) is 10.5 Å². The van der Waals surface area contributed by atoms with E-state index in [2.05, 4.69) is 30.9 Å². The van der Waals surface area contributed by atoms with Gasteiger partial charge in [0.25, 0.3) is 5.69 Å². The highest BCUT2D eigenvalue weighted by Gasteiger charge is 2.51. The smallest absolute Gasteiger partial charge is 0.407 e. The van der Waals surface area contributed by atoms with Gasteiger partial charge in [-0.2, -0.15) is 0 Å². The van der Waals surface area contributed by atoms with Crippen LogP contribution in [0.15, 0.2) is 149 Å². The number of ether oxygens (including phenoxy) is 2. The van der Waals surface area contributed by atoms with E-state index >= 15 is 0 Å². The van der Waals surface area contributed by atoms with Gasteiger partial charge in [-0.05, 0) is 67.6 Å². The fourth-order valence-electron chi connectivity index (χ4n) is 7.79. The summed E-state index contributed by atoms with van der Waals surface area (Å²) in [5, 5.41) is 25.0. The van der Waals surface area contributed by atoms with E-state index in [1.54, 1.807) is 20.8 Å². The molecule has 0 unspecified atom stereocenters. The number of aliphatic hydroxyl groups is 1. The molecule has 5 aromatic carbocycles. The number of likely N-dealkylation sites (tertiary alicyclic amines) is 1. The topological polar surface area (TPSA) is 160 Å². The molecule has 3 N–H and O–H groups in total. The van der Waals surface area contributed by atoms with Crippen molar-refractivity contribution in [2.45, 2.75) is 67.3 Å². The highest BCUT2D eigenvalue weighted by atomic mass is 79.9. The number of nitro benzene ring substituents is 1. The monoisotopic (exact) mass is 884 g/mol. The summed E-state index contributed by atoms with van der Waals surface area (Å²) in [5.74, 6) is -0.289. The fourth-order valence-corrected chi connectivity index (χ4v) is 9.28. The summed E-state index contributed by atoms with van der Waals surface area (Å²) in [6.45, 7) is 5.29. The molecule has 1 fully saturated rings. The number of carbonyl (C=O) groups excluding carboxylic acids is 1. The summed E-state index contributed by atoms with van der Waals surface area (Å²) in [4.78, 5) is 25.6. The van der Waals surface area contributed by atoms with Crippen molar-refractivity contribution in [2.24, 2.45) is 0 Å². The number of amides is 1. The standard InChI is InChI=1S/C45H49BrN4O8S/c1-44(2,3)58-43(52)48-37(30-51)27-28-49-39(29-47-59(55,56)41-22-14-13-21-38(41)50(53)54)42(32-23-25-36(46)26-24-32)40(49)31-57-45(33-15-7-4-8-16-33,34-17-9-5-10-18-34)35-19-11-6-12-20-35/h4-26,37,39-40,42,47,51H,27-31H2,1-3H3,(H,48,52)/t37-,39-,40+,42+/m0/s1. The quantitative estimate of drug-likeness (QED) is 0.0482.